The minimum atomic E-state index is 0.399. The van der Waals surface area contributed by atoms with E-state index in [1.54, 1.807) is 0 Å². The zero-order valence-corrected chi connectivity index (χ0v) is 7.88. The topological polar surface area (TPSA) is 21.3 Å². The maximum absolute atomic E-state index is 5.55. The normalized spacial score (nSPS) is 24.9. The molecule has 1 unspecified atom stereocenters. The lowest BCUT2D eigenvalue weighted by Crippen LogP contribution is -2.16. The van der Waals surface area contributed by atoms with Crippen LogP contribution >= 0.6 is 0 Å². The van der Waals surface area contributed by atoms with Crippen molar-refractivity contribution in [2.45, 2.75) is 31.8 Å². The van der Waals surface area contributed by atoms with Crippen LogP contribution < -0.4 is 5.32 Å². The second kappa shape index (κ2) is 6.21. The van der Waals surface area contributed by atoms with Crippen molar-refractivity contribution in [2.24, 2.45) is 0 Å². The summed E-state index contributed by atoms with van der Waals surface area (Å²) in [6, 6.07) is 0. The Morgan fingerprint density at radius 1 is 1.50 bits per heavy atom. The van der Waals surface area contributed by atoms with Gasteiger partial charge in [-0.05, 0) is 39.3 Å². The Labute approximate surface area is 75.0 Å². The standard InChI is InChI=1S/C10H19NO/c1-11-8-4-2-6-10-7-3-5-9-12-10/h2,6,10-11H,3-5,7-9H2,1H3/b6-2-. The SMILES string of the molecule is CNCC/C=C\C1CCCCO1. The van der Waals surface area contributed by atoms with Crippen LogP contribution in [0.4, 0.5) is 0 Å². The molecule has 70 valence electrons. The maximum Gasteiger partial charge on any atom is 0.0755 e. The lowest BCUT2D eigenvalue weighted by atomic mass is 10.1. The Morgan fingerprint density at radius 2 is 2.42 bits per heavy atom. The molecule has 1 aliphatic heterocycles. The molecular weight excluding hydrogens is 150 g/mol. The Morgan fingerprint density at radius 3 is 3.08 bits per heavy atom. The number of hydrogen-bond donors (Lipinski definition) is 1. The molecule has 0 aromatic heterocycles. The van der Waals surface area contributed by atoms with E-state index in [1.165, 1.54) is 19.3 Å². The lowest BCUT2D eigenvalue weighted by Gasteiger charge is -2.19. The van der Waals surface area contributed by atoms with Gasteiger partial charge in [0.1, 0.15) is 0 Å². The van der Waals surface area contributed by atoms with Crippen LogP contribution in [0.15, 0.2) is 12.2 Å². The van der Waals surface area contributed by atoms with E-state index in [4.69, 9.17) is 4.74 Å². The molecule has 0 radical (unpaired) electrons. The van der Waals surface area contributed by atoms with Gasteiger partial charge in [0.2, 0.25) is 0 Å². The van der Waals surface area contributed by atoms with Gasteiger partial charge in [0.05, 0.1) is 6.10 Å². The summed E-state index contributed by atoms with van der Waals surface area (Å²) < 4.78 is 5.55. The maximum atomic E-state index is 5.55. The Bertz CT molecular complexity index is 128. The molecule has 1 rings (SSSR count). The van der Waals surface area contributed by atoms with E-state index in [9.17, 15) is 0 Å². The molecular formula is C10H19NO. The van der Waals surface area contributed by atoms with Gasteiger partial charge in [0.25, 0.3) is 0 Å². The highest BCUT2D eigenvalue weighted by Gasteiger charge is 2.08. The second-order valence-electron chi connectivity index (χ2n) is 3.23. The molecule has 12 heavy (non-hydrogen) atoms. The molecule has 1 N–H and O–H groups in total. The van der Waals surface area contributed by atoms with E-state index < -0.39 is 0 Å². The predicted octanol–water partition coefficient (Wildman–Crippen LogP) is 1.72. The molecule has 2 nitrogen and oxygen atoms in total. The Balaban J connectivity index is 2.07. The van der Waals surface area contributed by atoms with Crippen LogP contribution in [0.5, 0.6) is 0 Å². The van der Waals surface area contributed by atoms with E-state index in [2.05, 4.69) is 17.5 Å². The highest BCUT2D eigenvalue weighted by molar-refractivity contribution is 4.90. The van der Waals surface area contributed by atoms with Gasteiger partial charge in [0.15, 0.2) is 0 Å². The van der Waals surface area contributed by atoms with Gasteiger partial charge in [-0.15, -0.1) is 0 Å². The largest absolute Gasteiger partial charge is 0.374 e. The quantitative estimate of drug-likeness (QED) is 0.511. The van der Waals surface area contributed by atoms with Gasteiger partial charge < -0.3 is 10.1 Å². The summed E-state index contributed by atoms with van der Waals surface area (Å²) >= 11 is 0. The highest BCUT2D eigenvalue weighted by atomic mass is 16.5. The van der Waals surface area contributed by atoms with Crippen molar-refractivity contribution < 1.29 is 4.74 Å². The number of nitrogens with one attached hydrogen (secondary N) is 1. The summed E-state index contributed by atoms with van der Waals surface area (Å²) in [7, 11) is 1.98. The van der Waals surface area contributed by atoms with Crippen LogP contribution in [0.25, 0.3) is 0 Å². The number of ether oxygens (including phenoxy) is 1. The summed E-state index contributed by atoms with van der Waals surface area (Å²) in [5, 5.41) is 3.11. The highest BCUT2D eigenvalue weighted by Crippen LogP contribution is 2.13. The summed E-state index contributed by atoms with van der Waals surface area (Å²) in [4.78, 5) is 0. The number of hydrogen-bond acceptors (Lipinski definition) is 2. The van der Waals surface area contributed by atoms with Gasteiger partial charge in [0, 0.05) is 6.61 Å². The summed E-state index contributed by atoms with van der Waals surface area (Å²) in [6.07, 6.45) is 9.69. The Kier molecular flexibility index (Phi) is 5.04. The van der Waals surface area contributed by atoms with E-state index in [0.29, 0.717) is 6.10 Å². The minimum Gasteiger partial charge on any atom is -0.374 e. The van der Waals surface area contributed by atoms with Gasteiger partial charge in [-0.3, -0.25) is 0 Å². The van der Waals surface area contributed by atoms with Crippen molar-refractivity contribution in [3.8, 4) is 0 Å². The van der Waals surface area contributed by atoms with Crippen LogP contribution in [-0.2, 0) is 4.74 Å². The first-order chi connectivity index (χ1) is 5.93. The van der Waals surface area contributed by atoms with Crippen LogP contribution in [0.2, 0.25) is 0 Å². The van der Waals surface area contributed by atoms with Crippen molar-refractivity contribution in [1.29, 1.82) is 0 Å². The molecule has 1 atom stereocenters. The molecule has 0 spiro atoms. The Hall–Kier alpha value is -0.340. The molecule has 0 aliphatic carbocycles. The van der Waals surface area contributed by atoms with E-state index in [-0.39, 0.29) is 0 Å². The third-order valence-corrected chi connectivity index (χ3v) is 2.13. The van der Waals surface area contributed by atoms with Gasteiger partial charge in [-0.2, -0.15) is 0 Å². The van der Waals surface area contributed by atoms with Crippen molar-refractivity contribution in [3.63, 3.8) is 0 Å². The van der Waals surface area contributed by atoms with Crippen molar-refractivity contribution in [2.75, 3.05) is 20.2 Å². The fourth-order valence-corrected chi connectivity index (χ4v) is 1.39. The van der Waals surface area contributed by atoms with Crippen molar-refractivity contribution >= 4 is 0 Å². The molecule has 1 fully saturated rings. The fraction of sp³-hybridized carbons (Fsp3) is 0.800. The first-order valence-electron chi connectivity index (χ1n) is 4.86. The zero-order chi connectivity index (χ0) is 8.65. The minimum absolute atomic E-state index is 0.399. The molecule has 0 aromatic carbocycles. The average molecular weight is 169 g/mol. The van der Waals surface area contributed by atoms with Crippen LogP contribution in [0.1, 0.15) is 25.7 Å². The smallest absolute Gasteiger partial charge is 0.0755 e. The molecule has 0 aromatic rings. The zero-order valence-electron chi connectivity index (χ0n) is 7.88. The van der Waals surface area contributed by atoms with Crippen molar-refractivity contribution in [1.82, 2.24) is 5.32 Å². The van der Waals surface area contributed by atoms with Gasteiger partial charge in [-0.25, -0.2) is 0 Å². The third-order valence-electron chi connectivity index (χ3n) is 2.13. The van der Waals surface area contributed by atoms with E-state index in [1.807, 2.05) is 7.05 Å². The van der Waals surface area contributed by atoms with E-state index >= 15 is 0 Å². The van der Waals surface area contributed by atoms with Gasteiger partial charge in [-0.1, -0.05) is 12.2 Å². The predicted molar refractivity (Wildman–Crippen MR) is 51.3 cm³/mol. The summed E-state index contributed by atoms with van der Waals surface area (Å²) in [5.74, 6) is 0. The molecule has 1 heterocycles. The summed E-state index contributed by atoms with van der Waals surface area (Å²) in [5.41, 5.74) is 0. The molecule has 0 amide bonds. The summed E-state index contributed by atoms with van der Waals surface area (Å²) in [6.45, 7) is 2.00. The average Bonchev–Trinajstić information content (AvgIpc) is 2.14. The monoisotopic (exact) mass is 169 g/mol. The molecule has 0 bridgehead atoms. The second-order valence-corrected chi connectivity index (χ2v) is 3.23. The van der Waals surface area contributed by atoms with Gasteiger partial charge >= 0.3 is 0 Å². The van der Waals surface area contributed by atoms with Crippen LogP contribution in [-0.4, -0.2) is 26.3 Å². The first kappa shape index (κ1) is 9.75. The van der Waals surface area contributed by atoms with Crippen LogP contribution in [0.3, 0.4) is 0 Å². The number of rotatable bonds is 4. The van der Waals surface area contributed by atoms with E-state index in [0.717, 1.165) is 19.6 Å². The third kappa shape index (κ3) is 3.88. The molecule has 0 saturated carbocycles. The molecule has 2 heteroatoms. The molecule has 1 aliphatic rings. The molecule has 1 saturated heterocycles. The fourth-order valence-electron chi connectivity index (χ4n) is 1.39. The van der Waals surface area contributed by atoms with Crippen LogP contribution in [0, 0.1) is 0 Å². The first-order valence-corrected chi connectivity index (χ1v) is 4.86. The van der Waals surface area contributed by atoms with Crippen molar-refractivity contribution in [3.05, 3.63) is 12.2 Å². The lowest BCUT2D eigenvalue weighted by molar-refractivity contribution is 0.0465.